The van der Waals surface area contributed by atoms with E-state index in [1.54, 1.807) is 30.3 Å². The van der Waals surface area contributed by atoms with E-state index in [4.69, 9.17) is 17.5 Å². The highest BCUT2D eigenvalue weighted by Crippen LogP contribution is 2.38. The van der Waals surface area contributed by atoms with Crippen LogP contribution in [0.5, 0.6) is 0 Å². The summed E-state index contributed by atoms with van der Waals surface area (Å²) in [5, 5.41) is 18.8. The highest BCUT2D eigenvalue weighted by molar-refractivity contribution is 7.80. The SMILES string of the molecule is CN(C)CCN1C(=O)c2cccc3cc4c(NC(=S)Nc5ccc(C#N)cc5)cccc4c(c23)C1=O. The smallest absolute Gasteiger partial charge is 0.262 e. The van der Waals surface area contributed by atoms with Crippen molar-refractivity contribution in [3.63, 3.8) is 0 Å². The van der Waals surface area contributed by atoms with Gasteiger partial charge in [0, 0.05) is 40.8 Å². The van der Waals surface area contributed by atoms with Gasteiger partial charge in [0.2, 0.25) is 0 Å². The molecule has 4 aromatic carbocycles. The molecule has 2 amide bonds. The monoisotopic (exact) mass is 493 g/mol. The summed E-state index contributed by atoms with van der Waals surface area (Å²) in [6, 6.07) is 22.3. The summed E-state index contributed by atoms with van der Waals surface area (Å²) in [5.41, 5.74) is 3.13. The Labute approximate surface area is 213 Å². The van der Waals surface area contributed by atoms with E-state index in [0.717, 1.165) is 27.5 Å². The van der Waals surface area contributed by atoms with Crippen LogP contribution in [-0.4, -0.2) is 53.9 Å². The van der Waals surface area contributed by atoms with Gasteiger partial charge in [-0.05, 0) is 79.6 Å². The molecule has 2 N–H and O–H groups in total. The number of nitrogens with zero attached hydrogens (tertiary/aromatic N) is 3. The lowest BCUT2D eigenvalue weighted by molar-refractivity contribution is 0.0602. The summed E-state index contributed by atoms with van der Waals surface area (Å²) < 4.78 is 0. The van der Waals surface area contributed by atoms with Crippen LogP contribution in [0, 0.1) is 11.3 Å². The molecule has 4 aromatic rings. The van der Waals surface area contributed by atoms with Crippen molar-refractivity contribution in [2.45, 2.75) is 0 Å². The first-order valence-electron chi connectivity index (χ1n) is 11.4. The van der Waals surface area contributed by atoms with Crippen molar-refractivity contribution in [1.29, 1.82) is 5.26 Å². The minimum Gasteiger partial charge on any atom is -0.332 e. The van der Waals surface area contributed by atoms with Gasteiger partial charge in [-0.15, -0.1) is 0 Å². The number of rotatable bonds is 5. The fourth-order valence-corrected chi connectivity index (χ4v) is 4.72. The van der Waals surface area contributed by atoms with Gasteiger partial charge in [0.05, 0.1) is 17.2 Å². The third kappa shape index (κ3) is 4.15. The van der Waals surface area contributed by atoms with Gasteiger partial charge in [0.1, 0.15) is 0 Å². The normalized spacial score (nSPS) is 12.8. The summed E-state index contributed by atoms with van der Waals surface area (Å²) >= 11 is 5.54. The van der Waals surface area contributed by atoms with E-state index in [1.807, 2.05) is 55.4 Å². The number of hydrogen-bond acceptors (Lipinski definition) is 5. The van der Waals surface area contributed by atoms with Gasteiger partial charge in [0.15, 0.2) is 5.11 Å². The van der Waals surface area contributed by atoms with Crippen LogP contribution in [0.4, 0.5) is 11.4 Å². The minimum absolute atomic E-state index is 0.263. The van der Waals surface area contributed by atoms with Crippen LogP contribution in [-0.2, 0) is 0 Å². The van der Waals surface area contributed by atoms with Crippen molar-refractivity contribution < 1.29 is 9.59 Å². The van der Waals surface area contributed by atoms with Crippen molar-refractivity contribution in [2.75, 3.05) is 37.8 Å². The molecule has 0 saturated carbocycles. The number of carbonyl (C=O) groups is 2. The molecule has 0 aliphatic carbocycles. The van der Waals surface area contributed by atoms with Crippen molar-refractivity contribution in [3.8, 4) is 6.07 Å². The zero-order chi connectivity index (χ0) is 25.4. The number of thiocarbonyl (C=S) groups is 1. The Bertz CT molecular complexity index is 1590. The van der Waals surface area contributed by atoms with Crippen LogP contribution in [0.1, 0.15) is 26.3 Å². The van der Waals surface area contributed by atoms with Gasteiger partial charge < -0.3 is 15.5 Å². The second kappa shape index (κ2) is 9.38. The maximum absolute atomic E-state index is 13.7. The first-order chi connectivity index (χ1) is 17.4. The average Bonchev–Trinajstić information content (AvgIpc) is 2.86. The number of nitriles is 1. The first-order valence-corrected chi connectivity index (χ1v) is 11.9. The molecule has 0 fully saturated rings. The number of benzene rings is 4. The summed E-state index contributed by atoms with van der Waals surface area (Å²) in [4.78, 5) is 30.2. The highest BCUT2D eigenvalue weighted by Gasteiger charge is 2.34. The number of hydrogen-bond donors (Lipinski definition) is 2. The molecule has 0 atom stereocenters. The fourth-order valence-electron chi connectivity index (χ4n) is 4.50. The average molecular weight is 494 g/mol. The van der Waals surface area contributed by atoms with Crippen LogP contribution in [0.25, 0.3) is 21.5 Å². The topological polar surface area (TPSA) is 88.5 Å². The molecule has 1 heterocycles. The molecule has 5 rings (SSSR count). The van der Waals surface area contributed by atoms with E-state index in [1.165, 1.54) is 4.90 Å². The molecule has 0 bridgehead atoms. The largest absolute Gasteiger partial charge is 0.332 e. The van der Waals surface area contributed by atoms with E-state index >= 15 is 0 Å². The van der Waals surface area contributed by atoms with Crippen molar-refractivity contribution in [2.24, 2.45) is 0 Å². The second-order valence-corrected chi connectivity index (χ2v) is 9.30. The molecule has 0 spiro atoms. The number of imide groups is 1. The van der Waals surface area contributed by atoms with E-state index in [2.05, 4.69) is 16.7 Å². The summed E-state index contributed by atoms with van der Waals surface area (Å²) in [6.45, 7) is 0.892. The first kappa shape index (κ1) is 23.4. The van der Waals surface area contributed by atoms with Crippen molar-refractivity contribution in [1.82, 2.24) is 9.80 Å². The number of anilines is 2. The Morgan fingerprint density at radius 1 is 0.972 bits per heavy atom. The van der Waals surface area contributed by atoms with Gasteiger partial charge in [-0.2, -0.15) is 5.26 Å². The number of likely N-dealkylation sites (N-methyl/N-ethyl adjacent to an activating group) is 1. The van der Waals surface area contributed by atoms with Gasteiger partial charge in [-0.3, -0.25) is 14.5 Å². The zero-order valence-corrected chi connectivity index (χ0v) is 20.6. The molecule has 178 valence electrons. The Kier molecular flexibility index (Phi) is 6.10. The van der Waals surface area contributed by atoms with Crippen molar-refractivity contribution >= 4 is 62.1 Å². The number of nitrogens with one attached hydrogen (secondary N) is 2. The molecule has 1 aliphatic heterocycles. The van der Waals surface area contributed by atoms with Crippen molar-refractivity contribution in [3.05, 3.63) is 83.4 Å². The molecular weight excluding hydrogens is 470 g/mol. The zero-order valence-electron chi connectivity index (χ0n) is 19.8. The maximum atomic E-state index is 13.7. The highest BCUT2D eigenvalue weighted by atomic mass is 32.1. The molecule has 36 heavy (non-hydrogen) atoms. The lowest BCUT2D eigenvalue weighted by Gasteiger charge is -2.29. The lowest BCUT2D eigenvalue weighted by atomic mass is 9.89. The Balaban J connectivity index is 1.56. The predicted octanol–water partition coefficient (Wildman–Crippen LogP) is 4.83. The van der Waals surface area contributed by atoms with Gasteiger partial charge in [0.25, 0.3) is 11.8 Å². The Hall–Kier alpha value is -4.32. The van der Waals surface area contributed by atoms with Gasteiger partial charge >= 0.3 is 0 Å². The van der Waals surface area contributed by atoms with Gasteiger partial charge in [-0.1, -0.05) is 24.3 Å². The molecule has 0 saturated heterocycles. The van der Waals surface area contributed by atoms with E-state index < -0.39 is 0 Å². The number of carbonyl (C=O) groups excluding carboxylic acids is 2. The Morgan fingerprint density at radius 2 is 1.72 bits per heavy atom. The summed E-state index contributed by atoms with van der Waals surface area (Å²) in [6.07, 6.45) is 0. The van der Waals surface area contributed by atoms with Gasteiger partial charge in [-0.25, -0.2) is 0 Å². The van der Waals surface area contributed by atoms with Crippen LogP contribution < -0.4 is 10.6 Å². The summed E-state index contributed by atoms with van der Waals surface area (Å²) in [7, 11) is 3.82. The molecule has 7 nitrogen and oxygen atoms in total. The number of fused-ring (bicyclic) bond motifs is 2. The van der Waals surface area contributed by atoms with E-state index in [0.29, 0.717) is 40.3 Å². The standard InChI is InChI=1S/C28H23N5O2S/c1-32(2)13-14-33-26(34)21-7-3-5-18-15-22-20(25(24(18)21)27(33)35)6-4-8-23(22)31-28(36)30-19-11-9-17(16-29)10-12-19/h3-12,15H,13-14H2,1-2H3,(H2,30,31,36). The second-order valence-electron chi connectivity index (χ2n) is 8.89. The third-order valence-electron chi connectivity index (χ3n) is 6.25. The molecular formula is C28H23N5O2S. The minimum atomic E-state index is -0.286. The molecule has 0 unspecified atom stereocenters. The molecule has 1 aliphatic rings. The molecule has 8 heteroatoms. The quantitative estimate of drug-likeness (QED) is 0.234. The molecule has 0 aromatic heterocycles. The van der Waals surface area contributed by atoms with Crippen LogP contribution >= 0.6 is 12.2 Å². The maximum Gasteiger partial charge on any atom is 0.262 e. The van der Waals surface area contributed by atoms with E-state index in [-0.39, 0.29) is 11.8 Å². The fraction of sp³-hybridized carbons (Fsp3) is 0.143. The van der Waals surface area contributed by atoms with Crippen LogP contribution in [0.2, 0.25) is 0 Å². The third-order valence-corrected chi connectivity index (χ3v) is 6.45. The Morgan fingerprint density at radius 3 is 2.44 bits per heavy atom. The van der Waals surface area contributed by atoms with Crippen LogP contribution in [0.15, 0.2) is 66.7 Å². The summed E-state index contributed by atoms with van der Waals surface area (Å²) in [5.74, 6) is -0.548. The van der Waals surface area contributed by atoms with E-state index in [9.17, 15) is 9.59 Å². The van der Waals surface area contributed by atoms with Crippen LogP contribution in [0.3, 0.4) is 0 Å². The number of amides is 2. The predicted molar refractivity (Wildman–Crippen MR) is 146 cm³/mol. The molecule has 0 radical (unpaired) electrons. The lowest BCUT2D eigenvalue weighted by Crippen LogP contribution is -2.43.